The summed E-state index contributed by atoms with van der Waals surface area (Å²) in [5.74, 6) is -2.72. The summed E-state index contributed by atoms with van der Waals surface area (Å²) in [6.45, 7) is 4.86. The standard InChI is InChI=1S/C47H49N3O7S/c1-30(2)41(45(54)56-4)49-44(53)42(31(3)51)50-43(52)40(48-46(55)57-28-39-37-26-16-14-24-35(37)36-25-15-17-27-38(36)39)29-58-47(32-18-8-5-9-19-32,33-20-10-6-11-21-33)34-22-12-7-13-23-34/h5-27,30-31,39-42,51H,28-29H2,1-4H3,(H,48,55)(H,49,53)(H,50,52)/t31-,40-,41+,42?/m1/s1. The summed E-state index contributed by atoms with van der Waals surface area (Å²) >= 11 is 1.44. The van der Waals surface area contributed by atoms with Gasteiger partial charge in [-0.25, -0.2) is 9.59 Å². The first-order chi connectivity index (χ1) is 28.0. The van der Waals surface area contributed by atoms with Gasteiger partial charge in [-0.2, -0.15) is 0 Å². The van der Waals surface area contributed by atoms with Crippen LogP contribution in [0.4, 0.5) is 4.79 Å². The Kier molecular flexibility index (Phi) is 13.7. The molecule has 4 atom stereocenters. The molecule has 5 aromatic rings. The summed E-state index contributed by atoms with van der Waals surface area (Å²) in [5.41, 5.74) is 7.07. The number of hydrogen-bond acceptors (Lipinski definition) is 8. The zero-order chi connectivity index (χ0) is 41.2. The molecule has 10 nitrogen and oxygen atoms in total. The van der Waals surface area contributed by atoms with Crippen molar-refractivity contribution in [3.8, 4) is 11.1 Å². The maximum absolute atomic E-state index is 14.4. The molecule has 0 aromatic heterocycles. The van der Waals surface area contributed by atoms with E-state index in [2.05, 4.69) is 16.0 Å². The molecule has 0 spiro atoms. The van der Waals surface area contributed by atoms with Crippen molar-refractivity contribution in [3.63, 3.8) is 0 Å². The van der Waals surface area contributed by atoms with Crippen LogP contribution in [0.1, 0.15) is 54.5 Å². The van der Waals surface area contributed by atoms with Gasteiger partial charge in [-0.05, 0) is 51.8 Å². The number of carbonyl (C=O) groups is 4. The molecule has 5 aromatic carbocycles. The van der Waals surface area contributed by atoms with Crippen molar-refractivity contribution in [1.82, 2.24) is 16.0 Å². The van der Waals surface area contributed by atoms with Gasteiger partial charge in [-0.15, -0.1) is 11.8 Å². The van der Waals surface area contributed by atoms with Gasteiger partial charge in [0.1, 0.15) is 24.7 Å². The smallest absolute Gasteiger partial charge is 0.407 e. The van der Waals surface area contributed by atoms with Crippen LogP contribution in [0.3, 0.4) is 0 Å². The predicted octanol–water partition coefficient (Wildman–Crippen LogP) is 6.80. The second-order valence-corrected chi connectivity index (χ2v) is 15.8. The van der Waals surface area contributed by atoms with Gasteiger partial charge < -0.3 is 30.5 Å². The summed E-state index contributed by atoms with van der Waals surface area (Å²) in [6.07, 6.45) is -2.19. The van der Waals surface area contributed by atoms with Gasteiger partial charge in [-0.3, -0.25) is 9.59 Å². The number of nitrogens with one attached hydrogen (secondary N) is 3. The summed E-state index contributed by atoms with van der Waals surface area (Å²) < 4.78 is 9.94. The zero-order valence-corrected chi connectivity index (χ0v) is 33.8. The third kappa shape index (κ3) is 9.11. The Balaban J connectivity index is 1.32. The van der Waals surface area contributed by atoms with E-state index < -0.39 is 52.9 Å². The van der Waals surface area contributed by atoms with Crippen molar-refractivity contribution in [2.45, 2.75) is 55.7 Å². The number of carbonyl (C=O) groups excluding carboxylic acids is 4. The fourth-order valence-corrected chi connectivity index (χ4v) is 9.03. The van der Waals surface area contributed by atoms with Crippen molar-refractivity contribution in [3.05, 3.63) is 167 Å². The zero-order valence-electron chi connectivity index (χ0n) is 33.0. The van der Waals surface area contributed by atoms with Crippen molar-refractivity contribution >= 4 is 35.6 Å². The van der Waals surface area contributed by atoms with Gasteiger partial charge in [0, 0.05) is 11.7 Å². The molecule has 300 valence electrons. The highest BCUT2D eigenvalue weighted by Crippen LogP contribution is 2.49. The minimum Gasteiger partial charge on any atom is -0.467 e. The van der Waals surface area contributed by atoms with E-state index in [0.29, 0.717) is 0 Å². The van der Waals surface area contributed by atoms with Gasteiger partial charge in [-0.1, -0.05) is 153 Å². The largest absolute Gasteiger partial charge is 0.467 e. The van der Waals surface area contributed by atoms with E-state index in [1.165, 1.54) is 25.8 Å². The van der Waals surface area contributed by atoms with E-state index in [0.717, 1.165) is 38.9 Å². The van der Waals surface area contributed by atoms with Crippen LogP contribution in [0.2, 0.25) is 0 Å². The molecule has 1 aliphatic carbocycles. The van der Waals surface area contributed by atoms with Crippen LogP contribution < -0.4 is 16.0 Å². The number of aliphatic hydroxyl groups excluding tert-OH is 1. The molecule has 6 rings (SSSR count). The molecule has 3 amide bonds. The maximum Gasteiger partial charge on any atom is 0.407 e. The Labute approximate surface area is 343 Å². The Hall–Kier alpha value is -5.91. The van der Waals surface area contributed by atoms with Gasteiger partial charge in [0.25, 0.3) is 0 Å². The highest BCUT2D eigenvalue weighted by Gasteiger charge is 2.40. The average Bonchev–Trinajstić information content (AvgIpc) is 3.57. The number of thioether (sulfide) groups is 1. The molecule has 0 saturated heterocycles. The second kappa shape index (κ2) is 19.0. The van der Waals surface area contributed by atoms with Crippen molar-refractivity contribution < 1.29 is 33.8 Å². The fourth-order valence-electron chi connectivity index (χ4n) is 7.47. The molecule has 0 heterocycles. The summed E-state index contributed by atoms with van der Waals surface area (Å²) in [4.78, 5) is 54.4. The van der Waals surface area contributed by atoms with Gasteiger partial charge >= 0.3 is 12.1 Å². The third-order valence-corrected chi connectivity index (χ3v) is 12.1. The van der Waals surface area contributed by atoms with Crippen LogP contribution >= 0.6 is 11.8 Å². The first kappa shape index (κ1) is 41.7. The van der Waals surface area contributed by atoms with Gasteiger partial charge in [0.2, 0.25) is 11.8 Å². The lowest BCUT2D eigenvalue weighted by molar-refractivity contribution is -0.147. The molecule has 58 heavy (non-hydrogen) atoms. The van der Waals surface area contributed by atoms with E-state index in [4.69, 9.17) is 9.47 Å². The lowest BCUT2D eigenvalue weighted by Crippen LogP contribution is -2.60. The van der Waals surface area contributed by atoms with Crippen LogP contribution in [-0.4, -0.2) is 72.7 Å². The Morgan fingerprint density at radius 2 is 1.09 bits per heavy atom. The SMILES string of the molecule is COC(=O)[C@@H](NC(=O)C(NC(=O)[C@@H](CSC(c1ccccc1)(c1ccccc1)c1ccccc1)NC(=O)OCC1c2ccccc2-c2ccccc21)[C@@H](C)O)C(C)C. The van der Waals surface area contributed by atoms with Crippen molar-refractivity contribution in [2.75, 3.05) is 19.5 Å². The minimum atomic E-state index is -1.47. The monoisotopic (exact) mass is 799 g/mol. The minimum absolute atomic E-state index is 0.0135. The predicted molar refractivity (Wildman–Crippen MR) is 226 cm³/mol. The maximum atomic E-state index is 14.4. The van der Waals surface area contributed by atoms with Crippen LogP contribution in [0.25, 0.3) is 11.1 Å². The van der Waals surface area contributed by atoms with Crippen LogP contribution in [0.15, 0.2) is 140 Å². The Bertz CT molecular complexity index is 2040. The van der Waals surface area contributed by atoms with Crippen LogP contribution in [-0.2, 0) is 28.6 Å². The summed E-state index contributed by atoms with van der Waals surface area (Å²) in [6, 6.07) is 42.0. The lowest BCUT2D eigenvalue weighted by atomic mass is 9.84. The number of ether oxygens (including phenoxy) is 2. The normalized spacial score (nSPS) is 14.2. The first-order valence-electron chi connectivity index (χ1n) is 19.3. The fraction of sp³-hybridized carbons (Fsp3) is 0.277. The number of hydrogen-bond donors (Lipinski definition) is 4. The third-order valence-electron chi connectivity index (χ3n) is 10.4. The van der Waals surface area contributed by atoms with Crippen molar-refractivity contribution in [1.29, 1.82) is 0 Å². The van der Waals surface area contributed by atoms with E-state index >= 15 is 0 Å². The molecule has 0 aliphatic heterocycles. The highest BCUT2D eigenvalue weighted by molar-refractivity contribution is 8.00. The molecule has 0 saturated carbocycles. The quantitative estimate of drug-likeness (QED) is 0.0631. The van der Waals surface area contributed by atoms with Gasteiger partial charge in [0.15, 0.2) is 0 Å². The first-order valence-corrected chi connectivity index (χ1v) is 20.3. The Morgan fingerprint density at radius 3 is 1.53 bits per heavy atom. The van der Waals surface area contributed by atoms with E-state index in [1.807, 2.05) is 140 Å². The second-order valence-electron chi connectivity index (χ2n) is 14.6. The number of aliphatic hydroxyl groups is 1. The molecule has 11 heteroatoms. The number of methoxy groups -OCH3 is 1. The Morgan fingerprint density at radius 1 is 0.638 bits per heavy atom. The summed E-state index contributed by atoms with van der Waals surface area (Å²) in [7, 11) is 1.22. The molecule has 0 fully saturated rings. The van der Waals surface area contributed by atoms with E-state index in [-0.39, 0.29) is 24.2 Å². The summed E-state index contributed by atoms with van der Waals surface area (Å²) in [5, 5.41) is 18.9. The molecule has 1 unspecified atom stereocenters. The number of alkyl carbamates (subject to hydrolysis) is 1. The number of esters is 1. The highest BCUT2D eigenvalue weighted by atomic mass is 32.2. The molecule has 0 radical (unpaired) electrons. The molecular weight excluding hydrogens is 751 g/mol. The topological polar surface area (TPSA) is 143 Å². The molecule has 0 bridgehead atoms. The number of fused-ring (bicyclic) bond motifs is 3. The number of rotatable bonds is 16. The average molecular weight is 800 g/mol. The van der Waals surface area contributed by atoms with E-state index in [9.17, 15) is 24.3 Å². The molecule has 4 N–H and O–H groups in total. The lowest BCUT2D eigenvalue weighted by Gasteiger charge is -2.36. The van der Waals surface area contributed by atoms with Crippen LogP contribution in [0, 0.1) is 5.92 Å². The number of benzene rings is 5. The molecular formula is C47H49N3O7S. The van der Waals surface area contributed by atoms with Gasteiger partial charge in [0.05, 0.1) is 18.0 Å². The van der Waals surface area contributed by atoms with E-state index in [1.54, 1.807) is 13.8 Å². The van der Waals surface area contributed by atoms with Crippen LogP contribution in [0.5, 0.6) is 0 Å². The number of amides is 3. The van der Waals surface area contributed by atoms with Crippen molar-refractivity contribution in [2.24, 2.45) is 5.92 Å². The molecule has 1 aliphatic rings.